The van der Waals surface area contributed by atoms with Crippen molar-refractivity contribution in [3.8, 4) is 5.75 Å². The van der Waals surface area contributed by atoms with Crippen LogP contribution < -0.4 is 4.74 Å². The molecule has 0 N–H and O–H groups in total. The van der Waals surface area contributed by atoms with E-state index in [0.29, 0.717) is 9.50 Å². The van der Waals surface area contributed by atoms with Gasteiger partial charge in [-0.05, 0) is 29.8 Å². The summed E-state index contributed by atoms with van der Waals surface area (Å²) < 4.78 is 6.11. The highest BCUT2D eigenvalue weighted by Gasteiger charge is 2.15. The first-order valence-electron chi connectivity index (χ1n) is 5.37. The molecule has 2 aromatic rings. The van der Waals surface area contributed by atoms with Crippen LogP contribution in [0.1, 0.15) is 5.56 Å². The van der Waals surface area contributed by atoms with Gasteiger partial charge in [-0.25, -0.2) is 0 Å². The van der Waals surface area contributed by atoms with E-state index in [-0.39, 0.29) is 18.0 Å². The van der Waals surface area contributed by atoms with Crippen molar-refractivity contribution >= 4 is 33.2 Å². The Kier molecular flexibility index (Phi) is 4.39. The van der Waals surface area contributed by atoms with E-state index in [0.717, 1.165) is 5.56 Å². The van der Waals surface area contributed by atoms with Gasteiger partial charge in [0.1, 0.15) is 6.61 Å². The predicted molar refractivity (Wildman–Crippen MR) is 76.6 cm³/mol. The van der Waals surface area contributed by atoms with Crippen molar-refractivity contribution in [2.24, 2.45) is 0 Å². The number of hydrogen-bond acceptors (Lipinski definition) is 3. The number of rotatable bonds is 4. The zero-order valence-electron chi connectivity index (χ0n) is 9.68. The molecule has 0 aromatic heterocycles. The molecule has 2 aromatic carbocycles. The first kappa shape index (κ1) is 13.8. The van der Waals surface area contributed by atoms with Gasteiger partial charge in [-0.3, -0.25) is 10.1 Å². The van der Waals surface area contributed by atoms with Gasteiger partial charge in [0.2, 0.25) is 0 Å². The lowest BCUT2D eigenvalue weighted by Crippen LogP contribution is -1.99. The Morgan fingerprint density at radius 3 is 2.74 bits per heavy atom. The summed E-state index contributed by atoms with van der Waals surface area (Å²) in [4.78, 5) is 10.4. The maximum atomic E-state index is 10.9. The molecule has 0 atom stereocenters. The molecule has 98 valence electrons. The predicted octanol–water partition coefficient (Wildman–Crippen LogP) is 4.59. The van der Waals surface area contributed by atoms with Crippen molar-refractivity contribution in [1.29, 1.82) is 0 Å². The zero-order valence-corrected chi connectivity index (χ0v) is 12.0. The van der Waals surface area contributed by atoms with Crippen LogP contribution in [-0.2, 0) is 6.61 Å². The zero-order chi connectivity index (χ0) is 13.8. The molecule has 0 radical (unpaired) electrons. The summed E-state index contributed by atoms with van der Waals surface area (Å²) in [5.74, 6) is 0.230. The minimum absolute atomic E-state index is 0.0728. The van der Waals surface area contributed by atoms with Gasteiger partial charge >= 0.3 is 5.69 Å². The standard InChI is InChI=1S/C13H9BrClNO3/c14-10-4-5-13(12(7-10)16(17)18)19-8-9-2-1-3-11(15)6-9/h1-7H,8H2. The first-order valence-corrected chi connectivity index (χ1v) is 6.54. The summed E-state index contributed by atoms with van der Waals surface area (Å²) in [7, 11) is 0. The average molecular weight is 343 g/mol. The van der Waals surface area contributed by atoms with Crippen LogP contribution in [0.15, 0.2) is 46.9 Å². The van der Waals surface area contributed by atoms with Gasteiger partial charge in [-0.15, -0.1) is 0 Å². The van der Waals surface area contributed by atoms with E-state index in [9.17, 15) is 10.1 Å². The van der Waals surface area contributed by atoms with E-state index in [4.69, 9.17) is 16.3 Å². The second kappa shape index (κ2) is 6.04. The maximum absolute atomic E-state index is 10.9. The monoisotopic (exact) mass is 341 g/mol. The third-order valence-electron chi connectivity index (χ3n) is 2.40. The molecule has 0 heterocycles. The number of nitro benzene ring substituents is 1. The van der Waals surface area contributed by atoms with E-state index in [1.165, 1.54) is 6.07 Å². The fraction of sp³-hybridized carbons (Fsp3) is 0.0769. The summed E-state index contributed by atoms with van der Waals surface area (Å²) in [5, 5.41) is 11.5. The Labute approximate surface area is 123 Å². The summed E-state index contributed by atoms with van der Waals surface area (Å²) in [6, 6.07) is 11.8. The Bertz CT molecular complexity index is 619. The fourth-order valence-corrected chi connectivity index (χ4v) is 2.10. The summed E-state index contributed by atoms with van der Waals surface area (Å²) in [5.41, 5.74) is 0.779. The van der Waals surface area contributed by atoms with Gasteiger partial charge in [0.15, 0.2) is 5.75 Å². The molecule has 0 saturated heterocycles. The van der Waals surface area contributed by atoms with Crippen molar-refractivity contribution in [2.45, 2.75) is 6.61 Å². The Balaban J connectivity index is 2.17. The third kappa shape index (κ3) is 3.68. The molecular formula is C13H9BrClNO3. The minimum atomic E-state index is -0.474. The molecule has 0 spiro atoms. The average Bonchev–Trinajstić information content (AvgIpc) is 2.37. The smallest absolute Gasteiger partial charge is 0.312 e. The lowest BCUT2D eigenvalue weighted by molar-refractivity contribution is -0.386. The van der Waals surface area contributed by atoms with Crippen molar-refractivity contribution in [3.63, 3.8) is 0 Å². The van der Waals surface area contributed by atoms with Crippen LogP contribution in [0.5, 0.6) is 5.75 Å². The number of halogens is 2. The van der Waals surface area contributed by atoms with E-state index in [1.54, 1.807) is 30.3 Å². The Morgan fingerprint density at radius 1 is 1.26 bits per heavy atom. The van der Waals surface area contributed by atoms with Crippen LogP contribution in [0, 0.1) is 10.1 Å². The van der Waals surface area contributed by atoms with Crippen LogP contribution in [-0.4, -0.2) is 4.92 Å². The fourth-order valence-electron chi connectivity index (χ4n) is 1.54. The molecule has 19 heavy (non-hydrogen) atoms. The number of nitro groups is 1. The van der Waals surface area contributed by atoms with Gasteiger partial charge < -0.3 is 4.74 Å². The highest BCUT2D eigenvalue weighted by atomic mass is 79.9. The highest BCUT2D eigenvalue weighted by Crippen LogP contribution is 2.30. The molecule has 0 aliphatic heterocycles. The van der Waals surface area contributed by atoms with Crippen molar-refractivity contribution < 1.29 is 9.66 Å². The molecular weight excluding hydrogens is 334 g/mol. The number of hydrogen-bond donors (Lipinski definition) is 0. The minimum Gasteiger partial charge on any atom is -0.482 e. The van der Waals surface area contributed by atoms with Gasteiger partial charge in [0.05, 0.1) is 4.92 Å². The number of ether oxygens (including phenoxy) is 1. The van der Waals surface area contributed by atoms with E-state index < -0.39 is 4.92 Å². The topological polar surface area (TPSA) is 52.4 Å². The van der Waals surface area contributed by atoms with Crippen LogP contribution in [0.25, 0.3) is 0 Å². The Morgan fingerprint density at radius 2 is 2.05 bits per heavy atom. The van der Waals surface area contributed by atoms with Crippen LogP contribution in [0.2, 0.25) is 5.02 Å². The summed E-state index contributed by atoms with van der Waals surface area (Å²) in [6.45, 7) is 0.225. The second-order valence-corrected chi connectivity index (χ2v) is 5.14. The normalized spacial score (nSPS) is 10.2. The SMILES string of the molecule is O=[N+]([O-])c1cc(Br)ccc1OCc1cccc(Cl)c1. The van der Waals surface area contributed by atoms with Crippen molar-refractivity contribution in [2.75, 3.05) is 0 Å². The van der Waals surface area contributed by atoms with E-state index in [1.807, 2.05) is 6.07 Å². The van der Waals surface area contributed by atoms with Gasteiger partial charge in [-0.2, -0.15) is 0 Å². The molecule has 0 unspecified atom stereocenters. The van der Waals surface area contributed by atoms with Gasteiger partial charge in [-0.1, -0.05) is 39.7 Å². The maximum Gasteiger partial charge on any atom is 0.312 e. The number of benzene rings is 2. The molecule has 0 fully saturated rings. The quantitative estimate of drug-likeness (QED) is 0.603. The summed E-state index contributed by atoms with van der Waals surface area (Å²) in [6.07, 6.45) is 0. The largest absolute Gasteiger partial charge is 0.482 e. The molecule has 2 rings (SSSR count). The first-order chi connectivity index (χ1) is 9.06. The van der Waals surface area contributed by atoms with Crippen molar-refractivity contribution in [1.82, 2.24) is 0 Å². The van der Waals surface area contributed by atoms with Gasteiger partial charge in [0, 0.05) is 15.6 Å². The lowest BCUT2D eigenvalue weighted by Gasteiger charge is -2.07. The van der Waals surface area contributed by atoms with Crippen molar-refractivity contribution in [3.05, 3.63) is 67.6 Å². The molecule has 0 aliphatic rings. The second-order valence-electron chi connectivity index (χ2n) is 3.79. The third-order valence-corrected chi connectivity index (χ3v) is 3.13. The molecule has 0 amide bonds. The molecule has 0 aliphatic carbocycles. The molecule has 0 bridgehead atoms. The van der Waals surface area contributed by atoms with Crippen LogP contribution >= 0.6 is 27.5 Å². The molecule has 0 saturated carbocycles. The van der Waals surface area contributed by atoms with Crippen LogP contribution in [0.3, 0.4) is 0 Å². The lowest BCUT2D eigenvalue weighted by atomic mass is 10.2. The van der Waals surface area contributed by atoms with E-state index >= 15 is 0 Å². The Hall–Kier alpha value is -1.59. The van der Waals surface area contributed by atoms with Crippen LogP contribution in [0.4, 0.5) is 5.69 Å². The molecule has 4 nitrogen and oxygen atoms in total. The number of nitrogens with zero attached hydrogens (tertiary/aromatic N) is 1. The van der Waals surface area contributed by atoms with Gasteiger partial charge in [0.25, 0.3) is 0 Å². The summed E-state index contributed by atoms with van der Waals surface area (Å²) >= 11 is 9.05. The molecule has 6 heteroatoms. The highest BCUT2D eigenvalue weighted by molar-refractivity contribution is 9.10. The van der Waals surface area contributed by atoms with E-state index in [2.05, 4.69) is 15.9 Å².